The van der Waals surface area contributed by atoms with Crippen molar-refractivity contribution < 1.29 is 22.7 Å². The van der Waals surface area contributed by atoms with Crippen LogP contribution in [0.25, 0.3) is 11.3 Å². The SMILES string of the molecule is CC(C)C[C@H](N[C@@H](c1ccc(-c2csc(N3CCN(C)CC3)n2)cc1)C(F)(F)F)C(=O)OC(C)C. The van der Waals surface area contributed by atoms with Crippen LogP contribution in [0.4, 0.5) is 18.3 Å². The molecule has 0 radical (unpaired) electrons. The molecule has 0 amide bonds. The number of nitrogens with one attached hydrogen (secondary N) is 1. The molecular weight excluding hydrogens is 477 g/mol. The molecule has 0 bridgehead atoms. The van der Waals surface area contributed by atoms with Crippen LogP contribution in [-0.2, 0) is 9.53 Å². The number of piperazine rings is 1. The number of hydrogen-bond acceptors (Lipinski definition) is 7. The van der Waals surface area contributed by atoms with Crippen LogP contribution < -0.4 is 10.2 Å². The Bertz CT molecular complexity index is 954. The maximum atomic E-state index is 14.1. The Morgan fingerprint density at radius 1 is 1.11 bits per heavy atom. The number of ether oxygens (including phenoxy) is 1. The van der Waals surface area contributed by atoms with E-state index in [1.807, 2.05) is 19.2 Å². The summed E-state index contributed by atoms with van der Waals surface area (Å²) in [5.41, 5.74) is 1.54. The molecule has 0 unspecified atom stereocenters. The van der Waals surface area contributed by atoms with Gasteiger partial charge in [-0.25, -0.2) is 4.98 Å². The molecule has 2 atom stereocenters. The van der Waals surface area contributed by atoms with Gasteiger partial charge in [-0.2, -0.15) is 13.2 Å². The van der Waals surface area contributed by atoms with Crippen molar-refractivity contribution >= 4 is 22.4 Å². The van der Waals surface area contributed by atoms with E-state index in [1.54, 1.807) is 37.3 Å². The maximum Gasteiger partial charge on any atom is 0.407 e. The highest BCUT2D eigenvalue weighted by atomic mass is 32.1. The lowest BCUT2D eigenvalue weighted by atomic mass is 9.99. The second-order valence-corrected chi connectivity index (χ2v) is 10.6. The number of benzene rings is 1. The lowest BCUT2D eigenvalue weighted by molar-refractivity contribution is -0.166. The molecule has 35 heavy (non-hydrogen) atoms. The summed E-state index contributed by atoms with van der Waals surface area (Å²) in [5, 5.41) is 5.39. The number of carbonyl (C=O) groups is 1. The smallest absolute Gasteiger partial charge is 0.407 e. The van der Waals surface area contributed by atoms with Crippen LogP contribution in [-0.4, -0.2) is 67.4 Å². The third-order valence-electron chi connectivity index (χ3n) is 5.84. The molecule has 0 saturated carbocycles. The molecule has 10 heteroatoms. The van der Waals surface area contributed by atoms with E-state index in [1.165, 1.54) is 12.1 Å². The topological polar surface area (TPSA) is 57.7 Å². The molecule has 1 aromatic carbocycles. The normalized spacial score (nSPS) is 17.1. The van der Waals surface area contributed by atoms with Gasteiger partial charge in [0.1, 0.15) is 12.1 Å². The summed E-state index contributed by atoms with van der Waals surface area (Å²) < 4.78 is 47.4. The van der Waals surface area contributed by atoms with Crippen LogP contribution in [0.1, 0.15) is 45.7 Å². The molecule has 1 aliphatic rings. The first-order valence-corrected chi connectivity index (χ1v) is 12.8. The number of hydrogen-bond donors (Lipinski definition) is 1. The third-order valence-corrected chi connectivity index (χ3v) is 6.75. The number of alkyl halides is 3. The lowest BCUT2D eigenvalue weighted by Gasteiger charge is -2.32. The van der Waals surface area contributed by atoms with Gasteiger partial charge in [0.15, 0.2) is 5.13 Å². The molecule has 1 aromatic heterocycles. The number of rotatable bonds is 9. The van der Waals surface area contributed by atoms with Gasteiger partial charge in [0, 0.05) is 37.1 Å². The van der Waals surface area contributed by atoms with E-state index in [4.69, 9.17) is 9.72 Å². The zero-order valence-electron chi connectivity index (χ0n) is 20.9. The van der Waals surface area contributed by atoms with Gasteiger partial charge in [-0.3, -0.25) is 10.1 Å². The van der Waals surface area contributed by atoms with Gasteiger partial charge in [0.25, 0.3) is 0 Å². The van der Waals surface area contributed by atoms with Crippen molar-refractivity contribution in [3.63, 3.8) is 0 Å². The molecule has 0 aliphatic carbocycles. The molecule has 2 aromatic rings. The van der Waals surface area contributed by atoms with Crippen LogP contribution in [0.3, 0.4) is 0 Å². The average Bonchev–Trinajstić information content (AvgIpc) is 3.26. The Morgan fingerprint density at radius 3 is 2.29 bits per heavy atom. The van der Waals surface area contributed by atoms with Crippen LogP contribution in [0.15, 0.2) is 29.6 Å². The highest BCUT2D eigenvalue weighted by molar-refractivity contribution is 7.14. The molecular formula is C25H35F3N4O2S. The monoisotopic (exact) mass is 512 g/mol. The van der Waals surface area contributed by atoms with Crippen molar-refractivity contribution in [1.29, 1.82) is 0 Å². The van der Waals surface area contributed by atoms with Gasteiger partial charge in [-0.1, -0.05) is 38.1 Å². The molecule has 0 spiro atoms. The third kappa shape index (κ3) is 7.65. The first kappa shape index (κ1) is 27.4. The van der Waals surface area contributed by atoms with Gasteiger partial charge >= 0.3 is 12.1 Å². The van der Waals surface area contributed by atoms with Crippen LogP contribution >= 0.6 is 11.3 Å². The predicted octanol–water partition coefficient (Wildman–Crippen LogP) is 5.12. The number of aromatic nitrogens is 1. The number of anilines is 1. The van der Waals surface area contributed by atoms with E-state index in [-0.39, 0.29) is 17.9 Å². The van der Waals surface area contributed by atoms with Crippen molar-refractivity contribution in [3.8, 4) is 11.3 Å². The van der Waals surface area contributed by atoms with Gasteiger partial charge in [0.05, 0.1) is 11.8 Å². The number of thiazole rings is 1. The summed E-state index contributed by atoms with van der Waals surface area (Å²) in [5.74, 6) is -0.652. The number of esters is 1. The molecule has 1 N–H and O–H groups in total. The summed E-state index contributed by atoms with van der Waals surface area (Å²) >= 11 is 1.54. The summed E-state index contributed by atoms with van der Waals surface area (Å²) in [6.07, 6.45) is -4.75. The largest absolute Gasteiger partial charge is 0.462 e. The van der Waals surface area contributed by atoms with E-state index < -0.39 is 30.3 Å². The second-order valence-electron chi connectivity index (χ2n) is 9.74. The Hall–Kier alpha value is -2.17. The van der Waals surface area contributed by atoms with Gasteiger partial charge < -0.3 is 14.5 Å². The molecule has 1 fully saturated rings. The first-order chi connectivity index (χ1) is 16.4. The standard InChI is InChI=1S/C25H35F3N4O2S/c1-16(2)14-20(23(33)34-17(3)4)29-22(25(26,27)28)19-8-6-18(7-9-19)21-15-35-24(30-21)32-12-10-31(5)11-13-32/h6-9,15-17,20,22,29H,10-14H2,1-5H3/t20-,22-/m0/s1. The minimum atomic E-state index is -4.58. The zero-order valence-corrected chi connectivity index (χ0v) is 21.7. The minimum absolute atomic E-state index is 0.0163. The summed E-state index contributed by atoms with van der Waals surface area (Å²) in [4.78, 5) is 21.7. The first-order valence-electron chi connectivity index (χ1n) is 12.0. The van der Waals surface area contributed by atoms with E-state index in [0.29, 0.717) is 0 Å². The second kappa shape index (κ2) is 11.7. The molecule has 3 rings (SSSR count). The lowest BCUT2D eigenvalue weighted by Crippen LogP contribution is -2.46. The van der Waals surface area contributed by atoms with Crippen molar-refractivity contribution in [2.24, 2.45) is 5.92 Å². The van der Waals surface area contributed by atoms with Crippen LogP contribution in [0.2, 0.25) is 0 Å². The van der Waals surface area contributed by atoms with Gasteiger partial charge in [-0.15, -0.1) is 11.3 Å². The predicted molar refractivity (Wildman–Crippen MR) is 134 cm³/mol. The maximum absolute atomic E-state index is 14.1. The molecule has 1 aliphatic heterocycles. The van der Waals surface area contributed by atoms with E-state index in [9.17, 15) is 18.0 Å². The fourth-order valence-corrected chi connectivity index (χ4v) is 4.87. The Kier molecular flexibility index (Phi) is 9.17. The van der Waals surface area contributed by atoms with Gasteiger partial charge in [-0.05, 0) is 38.8 Å². The summed E-state index contributed by atoms with van der Waals surface area (Å²) in [6, 6.07) is 3.17. The number of carbonyl (C=O) groups excluding carboxylic acids is 1. The summed E-state index contributed by atoms with van der Waals surface area (Å²) in [7, 11) is 2.09. The van der Waals surface area contributed by atoms with Crippen LogP contribution in [0.5, 0.6) is 0 Å². The van der Waals surface area contributed by atoms with E-state index in [0.717, 1.165) is 42.6 Å². The molecule has 6 nitrogen and oxygen atoms in total. The number of likely N-dealkylation sites (N-methyl/N-ethyl adjacent to an activating group) is 1. The Balaban J connectivity index is 1.78. The van der Waals surface area contributed by atoms with Crippen molar-refractivity contribution in [1.82, 2.24) is 15.2 Å². The fourth-order valence-electron chi connectivity index (χ4n) is 3.99. The highest BCUT2D eigenvalue weighted by Gasteiger charge is 2.43. The minimum Gasteiger partial charge on any atom is -0.462 e. The Morgan fingerprint density at radius 2 is 1.74 bits per heavy atom. The zero-order chi connectivity index (χ0) is 25.8. The molecule has 194 valence electrons. The number of halogens is 3. The number of nitrogens with zero attached hydrogens (tertiary/aromatic N) is 3. The van der Waals surface area contributed by atoms with Gasteiger partial charge in [0.2, 0.25) is 0 Å². The van der Waals surface area contributed by atoms with Crippen molar-refractivity contribution in [2.45, 2.75) is 58.5 Å². The fraction of sp³-hybridized carbons (Fsp3) is 0.600. The van der Waals surface area contributed by atoms with Crippen molar-refractivity contribution in [3.05, 3.63) is 35.2 Å². The molecule has 2 heterocycles. The van der Waals surface area contributed by atoms with E-state index in [2.05, 4.69) is 22.2 Å². The highest BCUT2D eigenvalue weighted by Crippen LogP contribution is 2.35. The quantitative estimate of drug-likeness (QED) is 0.471. The van der Waals surface area contributed by atoms with Crippen molar-refractivity contribution in [2.75, 3.05) is 38.1 Å². The van der Waals surface area contributed by atoms with Crippen LogP contribution in [0, 0.1) is 5.92 Å². The average molecular weight is 513 g/mol. The summed E-state index contributed by atoms with van der Waals surface area (Å²) in [6.45, 7) is 10.8. The van der Waals surface area contributed by atoms with E-state index >= 15 is 0 Å². The Labute approximate surface area is 209 Å². The molecule has 1 saturated heterocycles.